The summed E-state index contributed by atoms with van der Waals surface area (Å²) in [7, 11) is 0. The van der Waals surface area contributed by atoms with Crippen molar-refractivity contribution in [3.8, 4) is 0 Å². The van der Waals surface area contributed by atoms with Crippen molar-refractivity contribution < 1.29 is 17.6 Å². The molecule has 0 bridgehead atoms. The van der Waals surface area contributed by atoms with E-state index in [1.807, 2.05) is 0 Å². The lowest BCUT2D eigenvalue weighted by molar-refractivity contribution is -0.0906. The standard InChI is InChI=1S/C7H12F4/c1-2-3-4-6(9)7(10,11)5-8/h6H,2-5H2,1H3/t6-/m0/s1. The molecule has 0 fully saturated rings. The lowest BCUT2D eigenvalue weighted by atomic mass is 10.1. The van der Waals surface area contributed by atoms with Crippen LogP contribution >= 0.6 is 0 Å². The van der Waals surface area contributed by atoms with Crippen LogP contribution in [0.25, 0.3) is 0 Å². The topological polar surface area (TPSA) is 0 Å². The molecule has 0 aliphatic heterocycles. The average Bonchev–Trinajstić information content (AvgIpc) is 2.00. The molecule has 0 rings (SSSR count). The maximum Gasteiger partial charge on any atom is 0.306 e. The van der Waals surface area contributed by atoms with Gasteiger partial charge in [0.15, 0.2) is 12.8 Å². The van der Waals surface area contributed by atoms with E-state index in [1.165, 1.54) is 0 Å². The summed E-state index contributed by atoms with van der Waals surface area (Å²) in [4.78, 5) is 0. The molecule has 0 radical (unpaired) electrons. The van der Waals surface area contributed by atoms with E-state index < -0.39 is 18.8 Å². The Morgan fingerprint density at radius 2 is 1.91 bits per heavy atom. The van der Waals surface area contributed by atoms with Gasteiger partial charge in [0.05, 0.1) is 0 Å². The molecule has 0 saturated carbocycles. The zero-order chi connectivity index (χ0) is 8.91. The van der Waals surface area contributed by atoms with Crippen LogP contribution in [0.3, 0.4) is 0 Å². The lowest BCUT2D eigenvalue weighted by Crippen LogP contribution is -2.32. The lowest BCUT2D eigenvalue weighted by Gasteiger charge is -2.16. The Morgan fingerprint density at radius 1 is 1.36 bits per heavy atom. The zero-order valence-corrected chi connectivity index (χ0v) is 6.42. The van der Waals surface area contributed by atoms with E-state index in [1.54, 1.807) is 6.92 Å². The molecular formula is C7H12F4. The fraction of sp³-hybridized carbons (Fsp3) is 1.00. The average molecular weight is 172 g/mol. The monoisotopic (exact) mass is 172 g/mol. The predicted octanol–water partition coefficient (Wildman–Crippen LogP) is 3.12. The quantitative estimate of drug-likeness (QED) is 0.559. The minimum atomic E-state index is -3.78. The van der Waals surface area contributed by atoms with Crippen LogP contribution < -0.4 is 0 Å². The molecule has 0 N–H and O–H groups in total. The normalized spacial score (nSPS) is 15.0. The van der Waals surface area contributed by atoms with Gasteiger partial charge in [0, 0.05) is 0 Å². The molecule has 0 heterocycles. The van der Waals surface area contributed by atoms with Gasteiger partial charge in [-0.1, -0.05) is 19.8 Å². The van der Waals surface area contributed by atoms with E-state index >= 15 is 0 Å². The van der Waals surface area contributed by atoms with E-state index in [0.29, 0.717) is 12.8 Å². The molecule has 11 heavy (non-hydrogen) atoms. The molecule has 0 aliphatic carbocycles. The van der Waals surface area contributed by atoms with Crippen LogP contribution in [0.15, 0.2) is 0 Å². The van der Waals surface area contributed by atoms with Crippen molar-refractivity contribution in [2.75, 3.05) is 6.67 Å². The highest BCUT2D eigenvalue weighted by molar-refractivity contribution is 4.75. The smallest absolute Gasteiger partial charge is 0.244 e. The maximum absolute atomic E-state index is 12.4. The van der Waals surface area contributed by atoms with E-state index in [9.17, 15) is 17.6 Å². The molecule has 0 unspecified atom stereocenters. The molecular weight excluding hydrogens is 160 g/mol. The van der Waals surface area contributed by atoms with Gasteiger partial charge in [-0.05, 0) is 6.42 Å². The molecule has 0 aromatic heterocycles. The van der Waals surface area contributed by atoms with Crippen LogP contribution in [0.4, 0.5) is 17.6 Å². The number of halogens is 4. The van der Waals surface area contributed by atoms with Crippen LogP contribution in [0.1, 0.15) is 26.2 Å². The summed E-state index contributed by atoms with van der Waals surface area (Å²) in [5.74, 6) is -3.78. The second kappa shape index (κ2) is 4.57. The molecule has 0 spiro atoms. The molecule has 1 atom stereocenters. The Hall–Kier alpha value is -0.280. The maximum atomic E-state index is 12.4. The first-order chi connectivity index (χ1) is 5.04. The van der Waals surface area contributed by atoms with Crippen molar-refractivity contribution >= 4 is 0 Å². The zero-order valence-electron chi connectivity index (χ0n) is 6.42. The molecule has 68 valence electrons. The van der Waals surface area contributed by atoms with Crippen LogP contribution in [-0.4, -0.2) is 18.8 Å². The molecule has 0 aromatic rings. The van der Waals surface area contributed by atoms with Crippen LogP contribution in [0.5, 0.6) is 0 Å². The largest absolute Gasteiger partial charge is 0.306 e. The second-order valence-electron chi connectivity index (χ2n) is 2.50. The second-order valence-corrected chi connectivity index (χ2v) is 2.50. The SMILES string of the molecule is CCCC[C@H](F)C(F)(F)CF. The van der Waals surface area contributed by atoms with Gasteiger partial charge >= 0.3 is 5.92 Å². The summed E-state index contributed by atoms with van der Waals surface area (Å²) in [6, 6.07) is 0. The number of hydrogen-bond donors (Lipinski definition) is 0. The van der Waals surface area contributed by atoms with Gasteiger partial charge in [-0.15, -0.1) is 0 Å². The molecule has 0 saturated heterocycles. The van der Waals surface area contributed by atoms with E-state index in [0.717, 1.165) is 0 Å². The first kappa shape index (κ1) is 10.7. The summed E-state index contributed by atoms with van der Waals surface area (Å²) in [6.45, 7) is -0.141. The van der Waals surface area contributed by atoms with Crippen molar-refractivity contribution in [1.82, 2.24) is 0 Å². The summed E-state index contributed by atoms with van der Waals surface area (Å²) in [5.41, 5.74) is 0. The third-order valence-corrected chi connectivity index (χ3v) is 1.45. The van der Waals surface area contributed by atoms with Gasteiger partial charge in [-0.2, -0.15) is 0 Å². The van der Waals surface area contributed by atoms with Gasteiger partial charge in [-0.25, -0.2) is 17.6 Å². The number of unbranched alkanes of at least 4 members (excludes halogenated alkanes) is 1. The molecule has 0 amide bonds. The third-order valence-electron chi connectivity index (χ3n) is 1.45. The molecule has 0 aliphatic rings. The summed E-state index contributed by atoms with van der Waals surface area (Å²) in [6.07, 6.45) is -1.57. The minimum absolute atomic E-state index is 0.257. The van der Waals surface area contributed by atoms with Gasteiger partial charge in [0.1, 0.15) is 0 Å². The Kier molecular flexibility index (Phi) is 4.45. The first-order valence-corrected chi connectivity index (χ1v) is 3.62. The highest BCUT2D eigenvalue weighted by Crippen LogP contribution is 2.25. The van der Waals surface area contributed by atoms with Crippen molar-refractivity contribution in [2.24, 2.45) is 0 Å². The fourth-order valence-corrected chi connectivity index (χ4v) is 0.678. The minimum Gasteiger partial charge on any atom is -0.244 e. The van der Waals surface area contributed by atoms with E-state index in [-0.39, 0.29) is 6.42 Å². The summed E-state index contributed by atoms with van der Waals surface area (Å²) >= 11 is 0. The van der Waals surface area contributed by atoms with E-state index in [4.69, 9.17) is 0 Å². The van der Waals surface area contributed by atoms with Crippen molar-refractivity contribution in [3.05, 3.63) is 0 Å². The predicted molar refractivity (Wildman–Crippen MR) is 35.3 cm³/mol. The number of hydrogen-bond acceptors (Lipinski definition) is 0. The number of alkyl halides is 4. The molecule has 0 nitrogen and oxygen atoms in total. The Balaban J connectivity index is 3.71. The van der Waals surface area contributed by atoms with Gasteiger partial charge in [0.25, 0.3) is 0 Å². The summed E-state index contributed by atoms with van der Waals surface area (Å²) < 4.78 is 48.1. The van der Waals surface area contributed by atoms with Crippen LogP contribution in [0.2, 0.25) is 0 Å². The van der Waals surface area contributed by atoms with Crippen LogP contribution in [-0.2, 0) is 0 Å². The fourth-order valence-electron chi connectivity index (χ4n) is 0.678. The Labute approximate surface area is 63.6 Å². The van der Waals surface area contributed by atoms with Crippen molar-refractivity contribution in [1.29, 1.82) is 0 Å². The summed E-state index contributed by atoms with van der Waals surface area (Å²) in [5, 5.41) is 0. The molecule has 4 heteroatoms. The van der Waals surface area contributed by atoms with E-state index in [2.05, 4.69) is 0 Å². The number of rotatable bonds is 5. The Bertz CT molecular complexity index is 103. The first-order valence-electron chi connectivity index (χ1n) is 3.62. The van der Waals surface area contributed by atoms with Gasteiger partial charge < -0.3 is 0 Å². The van der Waals surface area contributed by atoms with Crippen molar-refractivity contribution in [2.45, 2.75) is 38.3 Å². The Morgan fingerprint density at radius 3 is 2.27 bits per heavy atom. The highest BCUT2D eigenvalue weighted by Gasteiger charge is 2.39. The van der Waals surface area contributed by atoms with Crippen LogP contribution in [0, 0.1) is 0 Å². The third kappa shape index (κ3) is 3.58. The van der Waals surface area contributed by atoms with Gasteiger partial charge in [-0.3, -0.25) is 0 Å². The highest BCUT2D eigenvalue weighted by atomic mass is 19.3. The van der Waals surface area contributed by atoms with Gasteiger partial charge in [0.2, 0.25) is 0 Å². The van der Waals surface area contributed by atoms with Crippen molar-refractivity contribution in [3.63, 3.8) is 0 Å². The molecule has 0 aromatic carbocycles.